The molecular weight excluding hydrogens is 394 g/mol. The molecule has 0 spiro atoms. The van der Waals surface area contributed by atoms with E-state index in [9.17, 15) is 4.79 Å². The van der Waals surface area contributed by atoms with Crippen LogP contribution in [0.3, 0.4) is 0 Å². The molecule has 5 nitrogen and oxygen atoms in total. The SMILES string of the molecule is CC(CNCc1cnccc1OC(=O)Nc1cc2ccccc2s1)C1CCCCC1. The minimum Gasteiger partial charge on any atom is -0.410 e. The maximum Gasteiger partial charge on any atom is 0.417 e. The summed E-state index contributed by atoms with van der Waals surface area (Å²) in [6.07, 6.45) is 9.75. The van der Waals surface area contributed by atoms with Gasteiger partial charge in [-0.25, -0.2) is 4.79 Å². The summed E-state index contributed by atoms with van der Waals surface area (Å²) >= 11 is 1.53. The summed E-state index contributed by atoms with van der Waals surface area (Å²) in [6, 6.07) is 11.8. The third kappa shape index (κ3) is 5.37. The summed E-state index contributed by atoms with van der Waals surface area (Å²) < 4.78 is 6.73. The van der Waals surface area contributed by atoms with Crippen molar-refractivity contribution in [3.8, 4) is 5.75 Å². The lowest BCUT2D eigenvalue weighted by molar-refractivity contribution is 0.214. The van der Waals surface area contributed by atoms with E-state index in [1.165, 1.54) is 43.4 Å². The lowest BCUT2D eigenvalue weighted by atomic mass is 9.81. The van der Waals surface area contributed by atoms with Crippen molar-refractivity contribution in [3.63, 3.8) is 0 Å². The molecule has 2 N–H and O–H groups in total. The highest BCUT2D eigenvalue weighted by atomic mass is 32.1. The number of nitrogens with one attached hydrogen (secondary N) is 2. The van der Waals surface area contributed by atoms with Crippen LogP contribution in [0.25, 0.3) is 10.1 Å². The molecular formula is C24H29N3O2S. The number of carbonyl (C=O) groups is 1. The van der Waals surface area contributed by atoms with Crippen molar-refractivity contribution >= 4 is 32.5 Å². The van der Waals surface area contributed by atoms with Crippen LogP contribution < -0.4 is 15.4 Å². The number of amides is 1. The number of anilines is 1. The summed E-state index contributed by atoms with van der Waals surface area (Å²) in [7, 11) is 0. The molecule has 1 unspecified atom stereocenters. The normalized spacial score (nSPS) is 15.8. The van der Waals surface area contributed by atoms with Gasteiger partial charge in [-0.15, -0.1) is 11.3 Å². The van der Waals surface area contributed by atoms with Gasteiger partial charge >= 0.3 is 6.09 Å². The molecule has 0 radical (unpaired) electrons. The number of carbonyl (C=O) groups excluding carboxylic acids is 1. The first-order valence-corrected chi connectivity index (χ1v) is 11.6. The molecule has 1 amide bonds. The van der Waals surface area contributed by atoms with Crippen molar-refractivity contribution in [2.24, 2.45) is 11.8 Å². The third-order valence-electron chi connectivity index (χ3n) is 5.95. The topological polar surface area (TPSA) is 63.3 Å². The lowest BCUT2D eigenvalue weighted by Gasteiger charge is -2.27. The molecule has 1 aliphatic carbocycles. The Morgan fingerprint density at radius 3 is 2.90 bits per heavy atom. The molecule has 4 rings (SSSR count). The Morgan fingerprint density at radius 1 is 1.23 bits per heavy atom. The number of hydrogen-bond donors (Lipinski definition) is 2. The van der Waals surface area contributed by atoms with Crippen LogP contribution in [0.2, 0.25) is 0 Å². The van der Waals surface area contributed by atoms with Gasteiger partial charge in [0.05, 0.1) is 5.00 Å². The van der Waals surface area contributed by atoms with Crippen LogP contribution in [-0.2, 0) is 6.54 Å². The van der Waals surface area contributed by atoms with E-state index in [2.05, 4.69) is 22.5 Å². The van der Waals surface area contributed by atoms with E-state index in [-0.39, 0.29) is 0 Å². The maximum atomic E-state index is 12.4. The first-order valence-electron chi connectivity index (χ1n) is 10.8. The lowest BCUT2D eigenvalue weighted by Crippen LogP contribution is -2.27. The minimum absolute atomic E-state index is 0.482. The van der Waals surface area contributed by atoms with Gasteiger partial charge in [-0.2, -0.15) is 0 Å². The van der Waals surface area contributed by atoms with Gasteiger partial charge < -0.3 is 10.1 Å². The predicted octanol–water partition coefficient (Wildman–Crippen LogP) is 6.21. The summed E-state index contributed by atoms with van der Waals surface area (Å²) in [6.45, 7) is 3.94. The van der Waals surface area contributed by atoms with Gasteiger partial charge in [0.1, 0.15) is 5.75 Å². The number of thiophene rings is 1. The van der Waals surface area contributed by atoms with Crippen LogP contribution in [0.1, 0.15) is 44.6 Å². The highest BCUT2D eigenvalue weighted by Gasteiger charge is 2.20. The van der Waals surface area contributed by atoms with Gasteiger partial charge in [-0.05, 0) is 42.0 Å². The Kier molecular flexibility index (Phi) is 6.97. The van der Waals surface area contributed by atoms with Gasteiger partial charge in [-0.1, -0.05) is 57.2 Å². The Balaban J connectivity index is 1.31. The Bertz CT molecular complexity index is 948. The average molecular weight is 424 g/mol. The molecule has 1 saturated carbocycles. The standard InChI is InChI=1S/C24H29N3O2S/c1-17(18-7-3-2-4-8-18)14-26-16-20-15-25-12-11-21(20)29-24(28)27-23-13-19-9-5-6-10-22(19)30-23/h5-6,9-13,15,17-18,26H,2-4,7-8,14,16H2,1H3,(H,27,28). The van der Waals surface area contributed by atoms with Crippen LogP contribution in [-0.4, -0.2) is 17.6 Å². The Morgan fingerprint density at radius 2 is 2.07 bits per heavy atom. The van der Waals surface area contributed by atoms with Crippen molar-refractivity contribution in [1.29, 1.82) is 0 Å². The molecule has 1 atom stereocenters. The molecule has 0 bridgehead atoms. The highest BCUT2D eigenvalue weighted by molar-refractivity contribution is 7.22. The Hall–Kier alpha value is -2.44. The average Bonchev–Trinajstić information content (AvgIpc) is 3.17. The number of rotatable bonds is 7. The van der Waals surface area contributed by atoms with E-state index < -0.39 is 6.09 Å². The molecule has 6 heteroatoms. The zero-order chi connectivity index (χ0) is 20.8. The molecule has 0 saturated heterocycles. The van der Waals surface area contributed by atoms with E-state index in [0.717, 1.165) is 33.1 Å². The molecule has 3 aromatic rings. The summed E-state index contributed by atoms with van der Waals surface area (Å²) in [5.41, 5.74) is 0.889. The third-order valence-corrected chi connectivity index (χ3v) is 6.98. The second-order valence-electron chi connectivity index (χ2n) is 8.15. The van der Waals surface area contributed by atoms with Crippen molar-refractivity contribution in [3.05, 3.63) is 54.4 Å². The number of benzene rings is 1. The van der Waals surface area contributed by atoms with Crippen molar-refractivity contribution < 1.29 is 9.53 Å². The zero-order valence-electron chi connectivity index (χ0n) is 17.4. The monoisotopic (exact) mass is 423 g/mol. The van der Waals surface area contributed by atoms with Crippen LogP contribution in [0.15, 0.2) is 48.8 Å². The molecule has 30 heavy (non-hydrogen) atoms. The minimum atomic E-state index is -0.482. The first kappa shape index (κ1) is 20.8. The largest absolute Gasteiger partial charge is 0.417 e. The van der Waals surface area contributed by atoms with Crippen LogP contribution in [0, 0.1) is 11.8 Å². The van der Waals surface area contributed by atoms with Crippen molar-refractivity contribution in [2.45, 2.75) is 45.6 Å². The fraction of sp³-hybridized carbons (Fsp3) is 0.417. The second kappa shape index (κ2) is 10.0. The summed E-state index contributed by atoms with van der Waals surface area (Å²) in [4.78, 5) is 16.6. The van der Waals surface area contributed by atoms with Gasteiger partial charge in [0, 0.05) is 29.2 Å². The molecule has 1 aromatic carbocycles. The fourth-order valence-electron chi connectivity index (χ4n) is 4.22. The quantitative estimate of drug-likeness (QED) is 0.474. The number of hydrogen-bond acceptors (Lipinski definition) is 5. The molecule has 158 valence electrons. The summed E-state index contributed by atoms with van der Waals surface area (Å²) in [5, 5.41) is 8.26. The van der Waals surface area contributed by atoms with Gasteiger partial charge in [0.2, 0.25) is 0 Å². The zero-order valence-corrected chi connectivity index (χ0v) is 18.2. The Labute approximate surface area is 181 Å². The van der Waals surface area contributed by atoms with Crippen molar-refractivity contribution in [2.75, 3.05) is 11.9 Å². The molecule has 2 heterocycles. The summed E-state index contributed by atoms with van der Waals surface area (Å²) in [5.74, 6) is 2.02. The molecule has 0 aliphatic heterocycles. The van der Waals surface area contributed by atoms with E-state index in [4.69, 9.17) is 4.74 Å². The fourth-order valence-corrected chi connectivity index (χ4v) is 5.17. The number of ether oxygens (including phenoxy) is 1. The van der Waals surface area contributed by atoms with Gasteiger partial charge in [0.15, 0.2) is 0 Å². The van der Waals surface area contributed by atoms with E-state index in [0.29, 0.717) is 18.2 Å². The number of nitrogens with zero attached hydrogens (tertiary/aromatic N) is 1. The predicted molar refractivity (Wildman–Crippen MR) is 123 cm³/mol. The van der Waals surface area contributed by atoms with Crippen LogP contribution in [0.4, 0.5) is 9.80 Å². The maximum absolute atomic E-state index is 12.4. The smallest absolute Gasteiger partial charge is 0.410 e. The van der Waals surface area contributed by atoms with Gasteiger partial charge in [-0.3, -0.25) is 10.3 Å². The second-order valence-corrected chi connectivity index (χ2v) is 9.24. The molecule has 1 fully saturated rings. The van der Waals surface area contributed by atoms with Crippen LogP contribution in [0.5, 0.6) is 5.75 Å². The van der Waals surface area contributed by atoms with E-state index >= 15 is 0 Å². The van der Waals surface area contributed by atoms with E-state index in [1.807, 2.05) is 30.3 Å². The van der Waals surface area contributed by atoms with E-state index in [1.54, 1.807) is 18.5 Å². The van der Waals surface area contributed by atoms with Crippen LogP contribution >= 0.6 is 11.3 Å². The molecule has 1 aliphatic rings. The highest BCUT2D eigenvalue weighted by Crippen LogP contribution is 2.30. The number of pyridine rings is 1. The number of fused-ring (bicyclic) bond motifs is 1. The van der Waals surface area contributed by atoms with Crippen molar-refractivity contribution in [1.82, 2.24) is 10.3 Å². The number of aromatic nitrogens is 1. The first-order chi connectivity index (χ1) is 14.7. The molecule has 2 aromatic heterocycles. The van der Waals surface area contributed by atoms with Gasteiger partial charge in [0.25, 0.3) is 0 Å².